The number of carbonyl (C=O) groups is 1. The van der Waals surface area contributed by atoms with Crippen molar-refractivity contribution >= 4 is 66.4 Å². The molecule has 5 aromatic rings. The van der Waals surface area contributed by atoms with Crippen LogP contribution in [0.5, 0.6) is 5.75 Å². The number of hydrogen-bond acceptors (Lipinski definition) is 8. The van der Waals surface area contributed by atoms with Crippen LogP contribution in [0.1, 0.15) is 0 Å². The van der Waals surface area contributed by atoms with Crippen molar-refractivity contribution in [2.45, 2.75) is 5.16 Å². The zero-order valence-electron chi connectivity index (χ0n) is 16.1. The third kappa shape index (κ3) is 3.33. The van der Waals surface area contributed by atoms with E-state index in [2.05, 4.69) is 25.5 Å². The summed E-state index contributed by atoms with van der Waals surface area (Å²) in [6.07, 6.45) is 0. The maximum Gasteiger partial charge on any atom is 0.236 e. The van der Waals surface area contributed by atoms with E-state index in [-0.39, 0.29) is 11.7 Å². The number of ether oxygens (including phenoxy) is 1. The minimum Gasteiger partial charge on any atom is -0.497 e. The maximum absolute atomic E-state index is 12.4. The van der Waals surface area contributed by atoms with E-state index < -0.39 is 0 Å². The van der Waals surface area contributed by atoms with Crippen molar-refractivity contribution < 1.29 is 9.53 Å². The monoisotopic (exact) mass is 436 g/mol. The van der Waals surface area contributed by atoms with Gasteiger partial charge < -0.3 is 14.6 Å². The lowest BCUT2D eigenvalue weighted by atomic mass is 10.2. The summed E-state index contributed by atoms with van der Waals surface area (Å²) in [6.45, 7) is 0. The van der Waals surface area contributed by atoms with Gasteiger partial charge in [-0.05, 0) is 24.3 Å². The van der Waals surface area contributed by atoms with E-state index in [9.17, 15) is 4.79 Å². The molecule has 10 heteroatoms. The predicted octanol–water partition coefficient (Wildman–Crippen LogP) is 3.87. The van der Waals surface area contributed by atoms with Gasteiger partial charge in [-0.1, -0.05) is 41.3 Å². The van der Waals surface area contributed by atoms with Crippen LogP contribution in [-0.2, 0) is 11.8 Å². The molecule has 0 aliphatic rings. The highest BCUT2D eigenvalue weighted by Gasteiger charge is 2.14. The van der Waals surface area contributed by atoms with E-state index in [4.69, 9.17) is 4.74 Å². The number of thiazole rings is 1. The first-order chi connectivity index (χ1) is 14.6. The molecular weight excluding hydrogens is 420 g/mol. The first-order valence-corrected chi connectivity index (χ1v) is 10.9. The van der Waals surface area contributed by atoms with Crippen molar-refractivity contribution in [2.75, 3.05) is 18.2 Å². The first kappa shape index (κ1) is 18.8. The Balaban J connectivity index is 1.31. The zero-order valence-corrected chi connectivity index (χ0v) is 17.8. The minimum absolute atomic E-state index is 0.163. The van der Waals surface area contributed by atoms with E-state index in [1.165, 1.54) is 23.1 Å². The van der Waals surface area contributed by atoms with Crippen LogP contribution >= 0.6 is 23.1 Å². The Labute approximate surface area is 179 Å². The van der Waals surface area contributed by atoms with Crippen LogP contribution in [0.4, 0.5) is 5.13 Å². The molecule has 0 atom stereocenters. The molecule has 0 aliphatic carbocycles. The molecule has 0 radical (unpaired) electrons. The molecule has 0 bridgehead atoms. The number of nitrogens with zero attached hydrogens (tertiary/aromatic N) is 5. The predicted molar refractivity (Wildman–Crippen MR) is 119 cm³/mol. The molecule has 3 heterocycles. The fraction of sp³-hybridized carbons (Fsp3) is 0.150. The van der Waals surface area contributed by atoms with E-state index in [1.54, 1.807) is 7.11 Å². The molecule has 0 saturated carbocycles. The van der Waals surface area contributed by atoms with Gasteiger partial charge in [0.15, 0.2) is 10.8 Å². The molecule has 8 nitrogen and oxygen atoms in total. The summed E-state index contributed by atoms with van der Waals surface area (Å²) >= 11 is 2.64. The Morgan fingerprint density at radius 1 is 1.20 bits per heavy atom. The fourth-order valence-corrected chi connectivity index (χ4v) is 4.72. The van der Waals surface area contributed by atoms with Crippen LogP contribution in [0.3, 0.4) is 0 Å². The summed E-state index contributed by atoms with van der Waals surface area (Å²) in [4.78, 5) is 21.4. The highest BCUT2D eigenvalue weighted by atomic mass is 32.2. The number of fused-ring (bicyclic) bond motifs is 4. The Kier molecular flexibility index (Phi) is 4.72. The number of methoxy groups -OCH3 is 1. The van der Waals surface area contributed by atoms with Crippen LogP contribution in [0.15, 0.2) is 47.6 Å². The van der Waals surface area contributed by atoms with Crippen LogP contribution in [0.2, 0.25) is 0 Å². The average molecular weight is 437 g/mol. The highest BCUT2D eigenvalue weighted by Crippen LogP contribution is 2.29. The van der Waals surface area contributed by atoms with E-state index in [0.717, 1.165) is 38.0 Å². The van der Waals surface area contributed by atoms with Crippen LogP contribution in [0.25, 0.3) is 32.3 Å². The second-order valence-corrected chi connectivity index (χ2v) is 8.51. The smallest absolute Gasteiger partial charge is 0.236 e. The number of anilines is 1. The molecule has 1 amide bonds. The number of para-hydroxylation sites is 1. The van der Waals surface area contributed by atoms with Crippen molar-refractivity contribution in [1.29, 1.82) is 0 Å². The zero-order chi connectivity index (χ0) is 20.7. The Hall–Kier alpha value is -3.24. The van der Waals surface area contributed by atoms with Gasteiger partial charge in [0.1, 0.15) is 11.3 Å². The number of aromatic nitrogens is 5. The molecule has 150 valence electrons. The van der Waals surface area contributed by atoms with Crippen LogP contribution in [0, 0.1) is 0 Å². The molecule has 0 aliphatic heterocycles. The number of benzene rings is 2. The Morgan fingerprint density at radius 2 is 2.07 bits per heavy atom. The van der Waals surface area contributed by atoms with Crippen molar-refractivity contribution in [2.24, 2.45) is 7.05 Å². The summed E-state index contributed by atoms with van der Waals surface area (Å²) in [6, 6.07) is 13.6. The van der Waals surface area contributed by atoms with Gasteiger partial charge in [0.05, 0.1) is 28.6 Å². The summed E-state index contributed by atoms with van der Waals surface area (Å²) < 4.78 is 8.16. The molecular formula is C20H16N6O2S2. The van der Waals surface area contributed by atoms with Gasteiger partial charge in [0.2, 0.25) is 11.1 Å². The minimum atomic E-state index is -0.174. The van der Waals surface area contributed by atoms with E-state index >= 15 is 0 Å². The second-order valence-electron chi connectivity index (χ2n) is 6.53. The topological polar surface area (TPSA) is 94.8 Å². The van der Waals surface area contributed by atoms with Gasteiger partial charge >= 0.3 is 0 Å². The summed E-state index contributed by atoms with van der Waals surface area (Å²) in [5.74, 6) is 0.746. The molecule has 30 heavy (non-hydrogen) atoms. The Morgan fingerprint density at radius 3 is 2.93 bits per heavy atom. The third-order valence-electron chi connectivity index (χ3n) is 4.66. The summed E-state index contributed by atoms with van der Waals surface area (Å²) in [5, 5.41) is 13.4. The van der Waals surface area contributed by atoms with Gasteiger partial charge in [-0.2, -0.15) is 0 Å². The van der Waals surface area contributed by atoms with Gasteiger partial charge in [-0.15, -0.1) is 10.2 Å². The van der Waals surface area contributed by atoms with E-state index in [1.807, 2.05) is 54.1 Å². The van der Waals surface area contributed by atoms with E-state index in [0.29, 0.717) is 10.3 Å². The van der Waals surface area contributed by atoms with Crippen LogP contribution in [-0.4, -0.2) is 43.5 Å². The first-order valence-electron chi connectivity index (χ1n) is 9.07. The second kappa shape index (κ2) is 7.54. The molecule has 0 fully saturated rings. The quantitative estimate of drug-likeness (QED) is 0.418. The standard InChI is InChI=1S/C20H16N6O2S2/c1-26-14-6-4-3-5-12(14)17-18(26)23-20(25-24-17)29-10-16(27)22-19-21-13-8-7-11(28-2)9-15(13)30-19/h3-9H,10H2,1-2H3,(H,21,22,27). The lowest BCUT2D eigenvalue weighted by molar-refractivity contribution is -0.113. The van der Waals surface area contributed by atoms with Crippen molar-refractivity contribution in [1.82, 2.24) is 24.7 Å². The average Bonchev–Trinajstić information content (AvgIpc) is 3.30. The molecule has 0 spiro atoms. The molecule has 5 rings (SSSR count). The summed E-state index contributed by atoms with van der Waals surface area (Å²) in [5.41, 5.74) is 3.36. The van der Waals surface area contributed by atoms with Crippen molar-refractivity contribution in [3.63, 3.8) is 0 Å². The van der Waals surface area contributed by atoms with Gasteiger partial charge in [-0.25, -0.2) is 9.97 Å². The van der Waals surface area contributed by atoms with Crippen molar-refractivity contribution in [3.05, 3.63) is 42.5 Å². The molecule has 1 N–H and O–H groups in total. The van der Waals surface area contributed by atoms with Gasteiger partial charge in [0.25, 0.3) is 0 Å². The SMILES string of the molecule is COc1ccc2nc(NC(=O)CSc3nnc4c5ccccc5n(C)c4n3)sc2c1. The third-order valence-corrected chi connectivity index (χ3v) is 6.43. The Bertz CT molecular complexity index is 1410. The number of hydrogen-bond donors (Lipinski definition) is 1. The number of nitrogens with one attached hydrogen (secondary N) is 1. The molecule has 0 saturated heterocycles. The van der Waals surface area contributed by atoms with Crippen molar-refractivity contribution in [3.8, 4) is 5.75 Å². The van der Waals surface area contributed by atoms with Gasteiger partial charge in [-0.3, -0.25) is 4.79 Å². The maximum atomic E-state index is 12.4. The summed E-state index contributed by atoms with van der Waals surface area (Å²) in [7, 11) is 3.57. The molecule has 0 unspecified atom stereocenters. The number of aryl methyl sites for hydroxylation is 1. The number of thioether (sulfide) groups is 1. The number of amides is 1. The number of rotatable bonds is 5. The largest absolute Gasteiger partial charge is 0.497 e. The highest BCUT2D eigenvalue weighted by molar-refractivity contribution is 7.99. The van der Waals surface area contributed by atoms with Gasteiger partial charge in [0, 0.05) is 12.4 Å². The fourth-order valence-electron chi connectivity index (χ4n) is 3.22. The normalized spacial score (nSPS) is 11.4. The lowest BCUT2D eigenvalue weighted by Gasteiger charge is -2.01. The molecule has 2 aromatic carbocycles. The molecule has 3 aromatic heterocycles. The lowest BCUT2D eigenvalue weighted by Crippen LogP contribution is -2.14. The number of carbonyl (C=O) groups excluding carboxylic acids is 1. The van der Waals surface area contributed by atoms with Crippen LogP contribution < -0.4 is 10.1 Å².